The first-order valence-corrected chi connectivity index (χ1v) is 13.1. The van der Waals surface area contributed by atoms with Crippen LogP contribution in [0.5, 0.6) is 0 Å². The second-order valence-corrected chi connectivity index (χ2v) is 11.3. The smallest absolute Gasteiger partial charge is 0.253 e. The molecule has 0 aliphatic carbocycles. The fourth-order valence-electron chi connectivity index (χ4n) is 4.73. The Morgan fingerprint density at radius 2 is 1.90 bits per heavy atom. The summed E-state index contributed by atoms with van der Waals surface area (Å²) in [6.45, 7) is 7.66. The van der Waals surface area contributed by atoms with Crippen LogP contribution in [0.2, 0.25) is 5.02 Å². The number of nitrogens with zero attached hydrogens (tertiary/aromatic N) is 3. The Hall–Kier alpha value is -1.19. The SMILES string of the molecule is CC1CCCN(S(=O)(=O)c2cc(C(=O)N3CCN(CC4CCCO4)CC3)ccc2Cl)C1. The zero-order valence-corrected chi connectivity index (χ0v) is 19.7. The van der Waals surface area contributed by atoms with Crippen LogP contribution in [0.1, 0.15) is 43.0 Å². The van der Waals surface area contributed by atoms with Crippen LogP contribution in [0.4, 0.5) is 0 Å². The van der Waals surface area contributed by atoms with E-state index in [1.54, 1.807) is 11.0 Å². The predicted molar refractivity (Wildman–Crippen MR) is 120 cm³/mol. The van der Waals surface area contributed by atoms with Gasteiger partial charge >= 0.3 is 0 Å². The van der Waals surface area contributed by atoms with Gasteiger partial charge in [0, 0.05) is 58.0 Å². The standard InChI is InChI=1S/C22H32ClN3O4S/c1-17-4-2-8-26(15-17)31(28,29)21-14-18(6-7-20(21)23)22(27)25-11-9-24(10-12-25)16-19-5-3-13-30-19/h6-7,14,17,19H,2-5,8-13,15-16H2,1H3. The van der Waals surface area contributed by atoms with Gasteiger partial charge in [-0.3, -0.25) is 9.69 Å². The number of benzene rings is 1. The van der Waals surface area contributed by atoms with E-state index in [1.165, 1.54) is 16.4 Å². The molecule has 2 atom stereocenters. The molecule has 0 N–H and O–H groups in total. The van der Waals surface area contributed by atoms with Gasteiger partial charge in [-0.1, -0.05) is 18.5 Å². The molecule has 9 heteroatoms. The van der Waals surface area contributed by atoms with E-state index in [-0.39, 0.29) is 15.8 Å². The van der Waals surface area contributed by atoms with Crippen LogP contribution >= 0.6 is 11.6 Å². The number of amides is 1. The molecule has 1 aromatic rings. The Kier molecular flexibility index (Phi) is 7.23. The van der Waals surface area contributed by atoms with E-state index in [0.717, 1.165) is 51.9 Å². The van der Waals surface area contributed by atoms with E-state index in [9.17, 15) is 13.2 Å². The Labute approximate surface area is 190 Å². The van der Waals surface area contributed by atoms with Crippen molar-refractivity contribution < 1.29 is 17.9 Å². The summed E-state index contributed by atoms with van der Waals surface area (Å²) < 4.78 is 33.6. The van der Waals surface area contributed by atoms with E-state index in [2.05, 4.69) is 11.8 Å². The minimum absolute atomic E-state index is 0.0335. The van der Waals surface area contributed by atoms with Gasteiger partial charge in [-0.05, 0) is 49.8 Å². The number of hydrogen-bond donors (Lipinski definition) is 0. The molecule has 4 rings (SSSR count). The second kappa shape index (κ2) is 9.75. The van der Waals surface area contributed by atoms with Crippen LogP contribution in [-0.2, 0) is 14.8 Å². The average Bonchev–Trinajstić information content (AvgIpc) is 3.27. The van der Waals surface area contributed by atoms with Crippen molar-refractivity contribution in [3.8, 4) is 0 Å². The molecular formula is C22H32ClN3O4S. The topological polar surface area (TPSA) is 70.2 Å². The van der Waals surface area contributed by atoms with Gasteiger partial charge in [0.2, 0.25) is 10.0 Å². The number of carbonyl (C=O) groups is 1. The van der Waals surface area contributed by atoms with Crippen LogP contribution < -0.4 is 0 Å². The third kappa shape index (κ3) is 5.25. The second-order valence-electron chi connectivity index (χ2n) is 8.98. The highest BCUT2D eigenvalue weighted by atomic mass is 35.5. The van der Waals surface area contributed by atoms with Gasteiger partial charge in [-0.2, -0.15) is 4.31 Å². The lowest BCUT2D eigenvalue weighted by molar-refractivity contribution is 0.0432. The van der Waals surface area contributed by atoms with Crippen LogP contribution in [-0.4, -0.2) is 87.0 Å². The van der Waals surface area contributed by atoms with E-state index in [1.807, 2.05) is 0 Å². The van der Waals surface area contributed by atoms with E-state index in [4.69, 9.17) is 16.3 Å². The maximum atomic E-state index is 13.2. The molecule has 7 nitrogen and oxygen atoms in total. The lowest BCUT2D eigenvalue weighted by Crippen LogP contribution is -2.50. The molecule has 3 saturated heterocycles. The van der Waals surface area contributed by atoms with Crippen molar-refractivity contribution in [2.45, 2.75) is 43.6 Å². The zero-order chi connectivity index (χ0) is 22.0. The molecule has 31 heavy (non-hydrogen) atoms. The molecule has 3 aliphatic rings. The molecule has 0 spiro atoms. The molecule has 172 valence electrons. The van der Waals surface area contributed by atoms with Crippen LogP contribution in [0.25, 0.3) is 0 Å². The lowest BCUT2D eigenvalue weighted by atomic mass is 10.0. The Bertz CT molecular complexity index is 896. The van der Waals surface area contributed by atoms with Crippen molar-refractivity contribution in [3.05, 3.63) is 28.8 Å². The van der Waals surface area contributed by atoms with Gasteiger partial charge in [-0.15, -0.1) is 0 Å². The highest BCUT2D eigenvalue weighted by Crippen LogP contribution is 2.29. The molecule has 0 radical (unpaired) electrons. The van der Waals surface area contributed by atoms with Crippen molar-refractivity contribution in [3.63, 3.8) is 0 Å². The summed E-state index contributed by atoms with van der Waals surface area (Å²) in [5.41, 5.74) is 0.376. The van der Waals surface area contributed by atoms with Crippen molar-refractivity contribution in [2.24, 2.45) is 5.92 Å². The quantitative estimate of drug-likeness (QED) is 0.663. The Balaban J connectivity index is 1.43. The van der Waals surface area contributed by atoms with Gasteiger partial charge < -0.3 is 9.64 Å². The average molecular weight is 470 g/mol. The fourth-order valence-corrected chi connectivity index (χ4v) is 6.83. The fraction of sp³-hybridized carbons (Fsp3) is 0.682. The predicted octanol–water partition coefficient (Wildman–Crippen LogP) is 2.70. The molecule has 0 aromatic heterocycles. The largest absolute Gasteiger partial charge is 0.377 e. The van der Waals surface area contributed by atoms with Crippen LogP contribution in [0, 0.1) is 5.92 Å². The van der Waals surface area contributed by atoms with Gasteiger partial charge in [-0.25, -0.2) is 8.42 Å². The first kappa shape index (κ1) is 23.0. The molecule has 3 aliphatic heterocycles. The highest BCUT2D eigenvalue weighted by molar-refractivity contribution is 7.89. The third-order valence-corrected chi connectivity index (χ3v) is 8.91. The summed E-state index contributed by atoms with van der Waals surface area (Å²) in [7, 11) is -3.73. The summed E-state index contributed by atoms with van der Waals surface area (Å²) in [6.07, 6.45) is 4.41. The monoisotopic (exact) mass is 469 g/mol. The van der Waals surface area contributed by atoms with E-state index < -0.39 is 10.0 Å². The van der Waals surface area contributed by atoms with Crippen molar-refractivity contribution in [1.29, 1.82) is 0 Å². The maximum absolute atomic E-state index is 13.2. The molecule has 0 bridgehead atoms. The molecule has 3 heterocycles. The van der Waals surface area contributed by atoms with Gasteiger partial charge in [0.1, 0.15) is 4.90 Å². The number of hydrogen-bond acceptors (Lipinski definition) is 5. The lowest BCUT2D eigenvalue weighted by Gasteiger charge is -2.36. The first-order valence-electron chi connectivity index (χ1n) is 11.3. The number of carbonyl (C=O) groups excluding carboxylic acids is 1. The van der Waals surface area contributed by atoms with Crippen LogP contribution in [0.3, 0.4) is 0 Å². The summed E-state index contributed by atoms with van der Waals surface area (Å²) >= 11 is 6.28. The normalized spacial score (nSPS) is 26.3. The number of rotatable bonds is 5. The molecule has 1 amide bonds. The maximum Gasteiger partial charge on any atom is 0.253 e. The summed E-state index contributed by atoms with van der Waals surface area (Å²) in [6, 6.07) is 4.61. The molecule has 1 aromatic carbocycles. The minimum atomic E-state index is -3.73. The van der Waals surface area contributed by atoms with E-state index in [0.29, 0.717) is 43.8 Å². The third-order valence-electron chi connectivity index (χ3n) is 6.56. The van der Waals surface area contributed by atoms with Crippen molar-refractivity contribution in [2.75, 3.05) is 52.4 Å². The number of halogens is 1. The molecular weight excluding hydrogens is 438 g/mol. The van der Waals surface area contributed by atoms with Crippen molar-refractivity contribution in [1.82, 2.24) is 14.1 Å². The number of piperidine rings is 1. The zero-order valence-electron chi connectivity index (χ0n) is 18.1. The summed E-state index contributed by atoms with van der Waals surface area (Å²) in [4.78, 5) is 17.3. The van der Waals surface area contributed by atoms with Gasteiger partial charge in [0.15, 0.2) is 0 Å². The summed E-state index contributed by atoms with van der Waals surface area (Å²) in [5.74, 6) is 0.176. The first-order chi connectivity index (χ1) is 14.8. The number of ether oxygens (including phenoxy) is 1. The molecule has 2 unspecified atom stereocenters. The van der Waals surface area contributed by atoms with E-state index >= 15 is 0 Å². The van der Waals surface area contributed by atoms with Gasteiger partial charge in [0.05, 0.1) is 11.1 Å². The Morgan fingerprint density at radius 3 is 2.58 bits per heavy atom. The number of piperazine rings is 1. The molecule has 0 saturated carbocycles. The minimum Gasteiger partial charge on any atom is -0.377 e. The summed E-state index contributed by atoms with van der Waals surface area (Å²) in [5, 5.41) is 0.163. The molecule has 3 fully saturated rings. The van der Waals surface area contributed by atoms with Gasteiger partial charge in [0.25, 0.3) is 5.91 Å². The van der Waals surface area contributed by atoms with Crippen LogP contribution in [0.15, 0.2) is 23.1 Å². The Morgan fingerprint density at radius 1 is 1.13 bits per heavy atom. The highest BCUT2D eigenvalue weighted by Gasteiger charge is 2.32. The number of sulfonamides is 1. The van der Waals surface area contributed by atoms with Crippen molar-refractivity contribution >= 4 is 27.5 Å².